The van der Waals surface area contributed by atoms with Gasteiger partial charge in [-0.2, -0.15) is 0 Å². The number of ether oxygens (including phenoxy) is 1. The summed E-state index contributed by atoms with van der Waals surface area (Å²) in [6.07, 6.45) is 2.27. The highest BCUT2D eigenvalue weighted by Crippen LogP contribution is 2.38. The van der Waals surface area contributed by atoms with E-state index in [0.29, 0.717) is 35.8 Å². The Kier molecular flexibility index (Phi) is 9.30. The normalized spacial score (nSPS) is 14.4. The Hall–Kier alpha value is -5.16. The molecule has 234 valence electrons. The minimum atomic E-state index is -0.629. The first-order valence-electron chi connectivity index (χ1n) is 15.2. The van der Waals surface area contributed by atoms with E-state index in [4.69, 9.17) is 15.5 Å². The maximum absolute atomic E-state index is 13.5. The Morgan fingerprint density at radius 3 is 2.61 bits per heavy atom. The van der Waals surface area contributed by atoms with Crippen LogP contribution in [0.5, 0.6) is 0 Å². The molecule has 46 heavy (non-hydrogen) atoms. The summed E-state index contributed by atoms with van der Waals surface area (Å²) in [6, 6.07) is 26.1. The minimum Gasteiger partial charge on any atom is -0.445 e. The fraction of sp³-hybridized carbons (Fsp3) is 0.229. The molecule has 0 spiro atoms. The van der Waals surface area contributed by atoms with E-state index in [2.05, 4.69) is 34.4 Å². The van der Waals surface area contributed by atoms with E-state index in [0.717, 1.165) is 38.5 Å². The monoisotopic (exact) mass is 633 g/mol. The van der Waals surface area contributed by atoms with E-state index in [1.54, 1.807) is 11.8 Å². The van der Waals surface area contributed by atoms with E-state index >= 15 is 0 Å². The fourth-order valence-electron chi connectivity index (χ4n) is 5.25. The quantitative estimate of drug-likeness (QED) is 0.142. The van der Waals surface area contributed by atoms with Gasteiger partial charge in [-0.25, -0.2) is 19.7 Å². The van der Waals surface area contributed by atoms with Crippen molar-refractivity contribution >= 4 is 57.7 Å². The molecule has 2 amide bonds. The average molecular weight is 634 g/mol. The van der Waals surface area contributed by atoms with Crippen LogP contribution in [-0.4, -0.2) is 44.4 Å². The molecule has 1 aliphatic heterocycles. The number of benzene rings is 3. The van der Waals surface area contributed by atoms with Crippen molar-refractivity contribution in [1.82, 2.24) is 19.9 Å². The maximum atomic E-state index is 13.5. The highest BCUT2D eigenvalue weighted by molar-refractivity contribution is 7.99. The minimum absolute atomic E-state index is 0.151. The van der Waals surface area contributed by atoms with Crippen LogP contribution in [0.3, 0.4) is 0 Å². The number of amides is 2. The van der Waals surface area contributed by atoms with E-state index in [1.165, 1.54) is 11.2 Å². The number of rotatable bonds is 9. The van der Waals surface area contributed by atoms with Gasteiger partial charge < -0.3 is 21.1 Å². The lowest BCUT2D eigenvalue weighted by Crippen LogP contribution is -2.43. The van der Waals surface area contributed by atoms with E-state index in [-0.39, 0.29) is 18.4 Å². The van der Waals surface area contributed by atoms with Crippen molar-refractivity contribution in [1.29, 1.82) is 0 Å². The van der Waals surface area contributed by atoms with Gasteiger partial charge in [-0.3, -0.25) is 9.69 Å². The number of carbonyl (C=O) groups is 2. The Morgan fingerprint density at radius 2 is 1.83 bits per heavy atom. The number of hydrogen-bond donors (Lipinski definition) is 3. The predicted molar refractivity (Wildman–Crippen MR) is 181 cm³/mol. The number of carbonyl (C=O) groups excluding carboxylic acids is 2. The zero-order chi connectivity index (χ0) is 32.0. The van der Waals surface area contributed by atoms with Gasteiger partial charge in [-0.1, -0.05) is 55.9 Å². The van der Waals surface area contributed by atoms with Gasteiger partial charge in [0.15, 0.2) is 5.65 Å². The molecule has 6 rings (SSSR count). The van der Waals surface area contributed by atoms with Crippen LogP contribution in [0, 0.1) is 0 Å². The number of aromatic nitrogens is 3. The molecular formula is C35H35N7O3S. The van der Waals surface area contributed by atoms with E-state index < -0.39 is 12.1 Å². The number of likely N-dealkylation sites (tertiary alicyclic amines) is 1. The number of nitrogens with two attached hydrogens (primary N) is 1. The summed E-state index contributed by atoms with van der Waals surface area (Å²) in [5.74, 6) is 0.594. The third-order valence-corrected chi connectivity index (χ3v) is 8.80. The fourth-order valence-corrected chi connectivity index (χ4v) is 6.13. The third-order valence-electron chi connectivity index (χ3n) is 7.71. The van der Waals surface area contributed by atoms with Gasteiger partial charge in [-0.05, 0) is 78.9 Å². The third kappa shape index (κ3) is 7.21. The number of fused-ring (bicyclic) bond motifs is 1. The number of pyridine rings is 1. The Bertz CT molecular complexity index is 1850. The van der Waals surface area contributed by atoms with Crippen molar-refractivity contribution in [2.24, 2.45) is 0 Å². The maximum Gasteiger partial charge on any atom is 0.410 e. The highest BCUT2D eigenvalue weighted by Gasteiger charge is 2.35. The van der Waals surface area contributed by atoms with Crippen LogP contribution >= 0.6 is 11.8 Å². The van der Waals surface area contributed by atoms with Crippen LogP contribution in [0.1, 0.15) is 43.9 Å². The van der Waals surface area contributed by atoms with Crippen LogP contribution < -0.4 is 16.4 Å². The van der Waals surface area contributed by atoms with Gasteiger partial charge in [0, 0.05) is 33.4 Å². The van der Waals surface area contributed by atoms with Gasteiger partial charge in [0.25, 0.3) is 0 Å². The molecule has 4 N–H and O–H groups in total. The molecular weight excluding hydrogens is 598 g/mol. The molecule has 3 heterocycles. The molecule has 10 nitrogen and oxygen atoms in total. The number of anilines is 4. The second kappa shape index (κ2) is 13.9. The molecule has 0 bridgehead atoms. The summed E-state index contributed by atoms with van der Waals surface area (Å²) in [6.45, 7) is 4.79. The Morgan fingerprint density at radius 1 is 1.02 bits per heavy atom. The highest BCUT2D eigenvalue weighted by atomic mass is 32.2. The molecule has 5 aromatic rings. The number of nitrogens with zero attached hydrogens (tertiary/aromatic N) is 4. The molecule has 1 aliphatic rings. The molecule has 11 heteroatoms. The second-order valence-corrected chi connectivity index (χ2v) is 12.5. The predicted octanol–water partition coefficient (Wildman–Crippen LogP) is 7.36. The number of nitrogens with one attached hydrogen (secondary N) is 2. The van der Waals surface area contributed by atoms with Crippen molar-refractivity contribution in [3.63, 3.8) is 0 Å². The molecule has 1 fully saturated rings. The van der Waals surface area contributed by atoms with Crippen molar-refractivity contribution in [2.45, 2.75) is 55.0 Å². The molecule has 1 saturated heterocycles. The zero-order valence-corrected chi connectivity index (χ0v) is 26.5. The SMILES string of the molecule is CC(C)c1ccc2c(Nc3cc(NC(=O)C4CCCN4C(=O)OCc4ccccc4)ccc3Sc3ccc(N)cc3)ncnc2n1. The van der Waals surface area contributed by atoms with Crippen LogP contribution in [0.25, 0.3) is 11.0 Å². The standard InChI is InChI=1S/C35H35N7O3S/c1-22(2)28-16-15-27-32(40-28)37-21-38-33(27)41-29-19-25(12-17-31(29)46-26-13-10-24(36)11-14-26)39-34(43)30-9-6-18-42(30)35(44)45-20-23-7-4-3-5-8-23/h3-5,7-8,10-17,19,21-22,30H,6,9,18,20,36H2,1-2H3,(H,39,43)(H,37,38,40,41). The molecule has 1 unspecified atom stereocenters. The van der Waals surface area contributed by atoms with Crippen LogP contribution in [0.2, 0.25) is 0 Å². The lowest BCUT2D eigenvalue weighted by atomic mass is 10.1. The van der Waals surface area contributed by atoms with Crippen molar-refractivity contribution in [3.8, 4) is 0 Å². The number of hydrogen-bond acceptors (Lipinski definition) is 9. The van der Waals surface area contributed by atoms with Crippen molar-refractivity contribution in [3.05, 3.63) is 103 Å². The smallest absolute Gasteiger partial charge is 0.410 e. The lowest BCUT2D eigenvalue weighted by molar-refractivity contribution is -0.120. The molecule has 3 aromatic carbocycles. The van der Waals surface area contributed by atoms with Gasteiger partial charge in [-0.15, -0.1) is 0 Å². The summed E-state index contributed by atoms with van der Waals surface area (Å²) in [7, 11) is 0. The second-order valence-electron chi connectivity index (χ2n) is 11.4. The van der Waals surface area contributed by atoms with Gasteiger partial charge in [0.2, 0.25) is 5.91 Å². The van der Waals surface area contributed by atoms with Gasteiger partial charge in [0.1, 0.15) is 24.8 Å². The first-order chi connectivity index (χ1) is 22.3. The van der Waals surface area contributed by atoms with Crippen molar-refractivity contribution in [2.75, 3.05) is 22.9 Å². The Balaban J connectivity index is 1.24. The molecule has 0 aliphatic carbocycles. The topological polar surface area (TPSA) is 135 Å². The number of nitrogen functional groups attached to an aromatic ring is 1. The van der Waals surface area contributed by atoms with E-state index in [9.17, 15) is 9.59 Å². The molecule has 0 saturated carbocycles. The summed E-state index contributed by atoms with van der Waals surface area (Å²) < 4.78 is 5.53. The zero-order valence-electron chi connectivity index (χ0n) is 25.6. The van der Waals surface area contributed by atoms with E-state index in [1.807, 2.05) is 84.9 Å². The van der Waals surface area contributed by atoms with Crippen LogP contribution in [0.4, 0.5) is 27.7 Å². The summed E-state index contributed by atoms with van der Waals surface area (Å²) in [4.78, 5) is 43.5. The Labute approximate surface area is 271 Å². The first kappa shape index (κ1) is 30.8. The van der Waals surface area contributed by atoms with Crippen molar-refractivity contribution < 1.29 is 14.3 Å². The molecule has 0 radical (unpaired) electrons. The molecule has 2 aromatic heterocycles. The average Bonchev–Trinajstić information content (AvgIpc) is 3.57. The van der Waals surface area contributed by atoms with Gasteiger partial charge >= 0.3 is 6.09 Å². The van der Waals surface area contributed by atoms with Crippen LogP contribution in [-0.2, 0) is 16.1 Å². The van der Waals surface area contributed by atoms with Gasteiger partial charge in [0.05, 0.1) is 11.1 Å². The lowest BCUT2D eigenvalue weighted by Gasteiger charge is -2.23. The summed E-state index contributed by atoms with van der Waals surface area (Å²) in [5.41, 5.74) is 10.3. The summed E-state index contributed by atoms with van der Waals surface area (Å²) in [5, 5.41) is 7.27. The van der Waals surface area contributed by atoms with Crippen LogP contribution in [0.15, 0.2) is 101 Å². The first-order valence-corrected chi connectivity index (χ1v) is 16.0. The summed E-state index contributed by atoms with van der Waals surface area (Å²) >= 11 is 1.56. The largest absolute Gasteiger partial charge is 0.445 e. The molecule has 1 atom stereocenters.